The van der Waals surface area contributed by atoms with Crippen LogP contribution >= 0.6 is 0 Å². The van der Waals surface area contributed by atoms with Crippen molar-refractivity contribution in [2.24, 2.45) is 5.92 Å². The summed E-state index contributed by atoms with van der Waals surface area (Å²) in [5.74, 6) is -5.30. The highest BCUT2D eigenvalue weighted by Gasteiger charge is 2.38. The largest absolute Gasteiger partial charge is 0.480 e. The second kappa shape index (κ2) is 12.4. The summed E-state index contributed by atoms with van der Waals surface area (Å²) >= 11 is 0. The Balaban J connectivity index is 2.73. The first-order valence-corrected chi connectivity index (χ1v) is 8.85. The predicted octanol–water partition coefficient (Wildman–Crippen LogP) is 0.905. The molecule has 0 saturated carbocycles. The van der Waals surface area contributed by atoms with Crippen LogP contribution in [0.15, 0.2) is 30.3 Å². The fraction of sp³-hybridized carbons (Fsp3) is 0.474. The molecule has 0 saturated heterocycles. The van der Waals surface area contributed by atoms with Crippen molar-refractivity contribution in [1.29, 1.82) is 0 Å². The topological polar surface area (TPSA) is 128 Å². The van der Waals surface area contributed by atoms with Gasteiger partial charge in [0.1, 0.15) is 12.6 Å². The Labute approximate surface area is 163 Å². The van der Waals surface area contributed by atoms with Crippen molar-refractivity contribution in [3.63, 3.8) is 0 Å². The third-order valence-electron chi connectivity index (χ3n) is 3.61. The number of hydrogen-bond acceptors (Lipinski definition) is 7. The van der Waals surface area contributed by atoms with Crippen LogP contribution in [-0.2, 0) is 40.0 Å². The highest BCUT2D eigenvalue weighted by molar-refractivity contribution is 5.90. The molecule has 1 aromatic carbocycles. The average Bonchev–Trinajstić information content (AvgIpc) is 2.65. The average molecular weight is 395 g/mol. The van der Waals surface area contributed by atoms with Gasteiger partial charge in [0.25, 0.3) is 0 Å². The Bertz CT molecular complexity index is 661. The van der Waals surface area contributed by atoms with Crippen LogP contribution < -0.4 is 5.32 Å². The molecule has 2 N–H and O–H groups in total. The molecular formula is C19H25NO8. The summed E-state index contributed by atoms with van der Waals surface area (Å²) in [6.07, 6.45) is -0.533. The van der Waals surface area contributed by atoms with Crippen LogP contribution in [0.3, 0.4) is 0 Å². The number of aliphatic carboxylic acids is 1. The van der Waals surface area contributed by atoms with Crippen molar-refractivity contribution in [3.05, 3.63) is 35.9 Å². The number of hydrogen-bond donors (Lipinski definition) is 2. The molecule has 0 spiro atoms. The van der Waals surface area contributed by atoms with Gasteiger partial charge in [-0.05, 0) is 19.4 Å². The molecule has 154 valence electrons. The maximum absolute atomic E-state index is 12.1. The minimum absolute atomic E-state index is 0.00136. The summed E-state index contributed by atoms with van der Waals surface area (Å²) in [6.45, 7) is 2.96. The van der Waals surface area contributed by atoms with Crippen LogP contribution in [0.5, 0.6) is 0 Å². The number of nitrogens with one attached hydrogen (secondary N) is 1. The van der Waals surface area contributed by atoms with Crippen LogP contribution in [0.25, 0.3) is 0 Å². The van der Waals surface area contributed by atoms with Gasteiger partial charge in [-0.3, -0.25) is 14.4 Å². The number of rotatable bonds is 12. The number of amides is 1. The van der Waals surface area contributed by atoms with E-state index < -0.39 is 48.8 Å². The Hall–Kier alpha value is -2.94. The number of carbonyl (C=O) groups is 4. The number of carbonyl (C=O) groups excluding carboxylic acids is 3. The minimum Gasteiger partial charge on any atom is -0.480 e. The maximum Gasteiger partial charge on any atom is 0.327 e. The van der Waals surface area contributed by atoms with Crippen molar-refractivity contribution >= 4 is 23.8 Å². The zero-order chi connectivity index (χ0) is 20.9. The number of carboxylic acids is 1. The van der Waals surface area contributed by atoms with Crippen molar-refractivity contribution in [2.45, 2.75) is 32.9 Å². The van der Waals surface area contributed by atoms with E-state index in [0.29, 0.717) is 0 Å². The molecular weight excluding hydrogens is 370 g/mol. The number of benzene rings is 1. The Morgan fingerprint density at radius 1 is 1.04 bits per heavy atom. The smallest absolute Gasteiger partial charge is 0.327 e. The van der Waals surface area contributed by atoms with Crippen molar-refractivity contribution in [3.8, 4) is 0 Å². The van der Waals surface area contributed by atoms with Gasteiger partial charge in [-0.1, -0.05) is 30.3 Å². The molecule has 28 heavy (non-hydrogen) atoms. The molecule has 1 aromatic rings. The van der Waals surface area contributed by atoms with Crippen molar-refractivity contribution < 1.29 is 38.5 Å². The van der Waals surface area contributed by atoms with E-state index in [2.05, 4.69) is 5.32 Å². The van der Waals surface area contributed by atoms with E-state index in [1.165, 1.54) is 0 Å². The van der Waals surface area contributed by atoms with Gasteiger partial charge in [-0.2, -0.15) is 0 Å². The summed E-state index contributed by atoms with van der Waals surface area (Å²) in [6, 6.07) is 7.45. The molecule has 0 bridgehead atoms. The first-order valence-electron chi connectivity index (χ1n) is 8.85. The van der Waals surface area contributed by atoms with Gasteiger partial charge in [0.15, 0.2) is 0 Å². The third-order valence-corrected chi connectivity index (χ3v) is 3.61. The summed E-state index contributed by atoms with van der Waals surface area (Å²) in [5.41, 5.74) is 0.844. The molecule has 0 radical (unpaired) electrons. The molecule has 0 heterocycles. The highest BCUT2D eigenvalue weighted by atomic mass is 16.5. The summed E-state index contributed by atoms with van der Waals surface area (Å²) in [7, 11) is 0. The zero-order valence-corrected chi connectivity index (χ0v) is 15.9. The van der Waals surface area contributed by atoms with Gasteiger partial charge in [-0.25, -0.2) is 4.79 Å². The van der Waals surface area contributed by atoms with E-state index in [1.807, 2.05) is 30.3 Å². The molecule has 0 aliphatic carbocycles. The first-order chi connectivity index (χ1) is 13.4. The van der Waals surface area contributed by atoms with E-state index >= 15 is 0 Å². The Morgan fingerprint density at radius 2 is 1.68 bits per heavy atom. The molecule has 0 aliphatic heterocycles. The van der Waals surface area contributed by atoms with Crippen LogP contribution in [-0.4, -0.2) is 54.8 Å². The quantitative estimate of drug-likeness (QED) is 0.500. The summed E-state index contributed by atoms with van der Waals surface area (Å²) in [4.78, 5) is 47.6. The number of esters is 2. The minimum atomic E-state index is -1.66. The highest BCUT2D eigenvalue weighted by Crippen LogP contribution is 2.14. The van der Waals surface area contributed by atoms with Gasteiger partial charge in [0, 0.05) is 0 Å². The second-order valence-corrected chi connectivity index (χ2v) is 5.73. The monoisotopic (exact) mass is 395 g/mol. The summed E-state index contributed by atoms with van der Waals surface area (Å²) in [5, 5.41) is 11.7. The SMILES string of the molecule is CCOC(=O)C[C@H](C(=O)OCC)[C@@H](NC(=O)COCc1ccccc1)C(=O)O. The van der Waals surface area contributed by atoms with Crippen molar-refractivity contribution in [1.82, 2.24) is 5.32 Å². The van der Waals surface area contributed by atoms with E-state index in [0.717, 1.165) is 5.56 Å². The molecule has 0 aliphatic rings. The third kappa shape index (κ3) is 8.17. The van der Waals surface area contributed by atoms with Gasteiger partial charge in [0.2, 0.25) is 5.91 Å². The lowest BCUT2D eigenvalue weighted by molar-refractivity contribution is -0.160. The second-order valence-electron chi connectivity index (χ2n) is 5.73. The van der Waals surface area contributed by atoms with E-state index in [-0.39, 0.29) is 19.8 Å². The fourth-order valence-electron chi connectivity index (χ4n) is 2.37. The first kappa shape index (κ1) is 23.1. The lowest BCUT2D eigenvalue weighted by Gasteiger charge is -2.22. The summed E-state index contributed by atoms with van der Waals surface area (Å²) < 4.78 is 14.9. The number of carboxylic acid groups (broad SMARTS) is 1. The molecule has 1 amide bonds. The van der Waals surface area contributed by atoms with E-state index in [9.17, 15) is 24.3 Å². The lowest BCUT2D eigenvalue weighted by Crippen LogP contribution is -2.50. The van der Waals surface area contributed by atoms with E-state index in [4.69, 9.17) is 14.2 Å². The molecule has 9 nitrogen and oxygen atoms in total. The van der Waals surface area contributed by atoms with Crippen LogP contribution in [0.2, 0.25) is 0 Å². The van der Waals surface area contributed by atoms with Gasteiger partial charge in [-0.15, -0.1) is 0 Å². The molecule has 9 heteroatoms. The van der Waals surface area contributed by atoms with Gasteiger partial charge < -0.3 is 24.6 Å². The van der Waals surface area contributed by atoms with E-state index in [1.54, 1.807) is 13.8 Å². The van der Waals surface area contributed by atoms with Crippen LogP contribution in [0.4, 0.5) is 0 Å². The normalized spacial score (nSPS) is 12.5. The van der Waals surface area contributed by atoms with Crippen molar-refractivity contribution in [2.75, 3.05) is 19.8 Å². The standard InChI is InChI=1S/C19H25NO8/c1-3-27-16(22)10-14(19(25)28-4-2)17(18(23)24)20-15(21)12-26-11-13-8-6-5-7-9-13/h5-9,14,17H,3-4,10-12H2,1-2H3,(H,20,21)(H,23,24)/t14-,17+/m0/s1. The zero-order valence-electron chi connectivity index (χ0n) is 15.9. The lowest BCUT2D eigenvalue weighted by atomic mass is 9.96. The Kier molecular flexibility index (Phi) is 10.3. The van der Waals surface area contributed by atoms with Crippen LogP contribution in [0, 0.1) is 5.92 Å². The molecule has 0 aromatic heterocycles. The fourth-order valence-corrected chi connectivity index (χ4v) is 2.37. The predicted molar refractivity (Wildman–Crippen MR) is 97.0 cm³/mol. The van der Waals surface area contributed by atoms with Gasteiger partial charge in [0.05, 0.1) is 32.2 Å². The number of ether oxygens (including phenoxy) is 3. The van der Waals surface area contributed by atoms with Gasteiger partial charge >= 0.3 is 17.9 Å². The molecule has 0 unspecified atom stereocenters. The molecule has 2 atom stereocenters. The van der Waals surface area contributed by atoms with Crippen LogP contribution in [0.1, 0.15) is 25.8 Å². The molecule has 1 rings (SSSR count). The maximum atomic E-state index is 12.1. The Morgan fingerprint density at radius 3 is 2.25 bits per heavy atom. The molecule has 0 fully saturated rings.